The van der Waals surface area contributed by atoms with Crippen molar-refractivity contribution in [3.05, 3.63) is 11.8 Å². The lowest BCUT2D eigenvalue weighted by Gasteiger charge is -2.25. The molecule has 0 spiro atoms. The first-order chi connectivity index (χ1) is 7.99. The van der Waals surface area contributed by atoms with Crippen LogP contribution in [0.25, 0.3) is 0 Å². The van der Waals surface area contributed by atoms with Crippen molar-refractivity contribution in [2.75, 3.05) is 20.8 Å². The topological polar surface area (TPSA) is 39.7 Å². The van der Waals surface area contributed by atoms with Gasteiger partial charge in [0.1, 0.15) is 0 Å². The van der Waals surface area contributed by atoms with Gasteiger partial charge in [-0.1, -0.05) is 20.8 Å². The number of hydrogen-bond donors (Lipinski definition) is 1. The molecular weight excluding hydrogens is 234 g/mol. The van der Waals surface area contributed by atoms with E-state index in [0.29, 0.717) is 5.92 Å². The fourth-order valence-corrected chi connectivity index (χ4v) is 3.16. The summed E-state index contributed by atoms with van der Waals surface area (Å²) in [5.41, 5.74) is 1.20. The molecule has 0 heterocycles. The van der Waals surface area contributed by atoms with Crippen LogP contribution in [-0.4, -0.2) is 29.7 Å². The van der Waals surface area contributed by atoms with Crippen LogP contribution in [0.4, 0.5) is 0 Å². The molecule has 5 heteroatoms. The predicted octanol–water partition coefficient (Wildman–Crippen LogP) is 2.68. The van der Waals surface area contributed by atoms with Gasteiger partial charge in [-0.2, -0.15) is 0 Å². The molecule has 0 aromatic heterocycles. The second kappa shape index (κ2) is 8.69. The molecule has 0 atom stereocenters. The summed E-state index contributed by atoms with van der Waals surface area (Å²) in [6.07, 6.45) is 3.80. The second-order valence-corrected chi connectivity index (χ2v) is 7.09. The summed E-state index contributed by atoms with van der Waals surface area (Å²) >= 11 is 0. The molecule has 0 aliphatic heterocycles. The van der Waals surface area contributed by atoms with Gasteiger partial charge in [0.15, 0.2) is 0 Å². The van der Waals surface area contributed by atoms with Crippen LogP contribution in [0.3, 0.4) is 0 Å². The highest BCUT2D eigenvalue weighted by Crippen LogP contribution is 2.12. The fraction of sp³-hybridized carbons (Fsp3) is 0.833. The fourth-order valence-electron chi connectivity index (χ4n) is 1.51. The van der Waals surface area contributed by atoms with Crippen LogP contribution in [0.2, 0.25) is 0 Å². The number of allylic oxidation sites excluding steroid dienone is 1. The van der Waals surface area contributed by atoms with E-state index < -0.39 is 8.97 Å². The van der Waals surface area contributed by atoms with Crippen LogP contribution < -0.4 is 4.98 Å². The molecule has 0 amide bonds. The third kappa shape index (κ3) is 6.83. The zero-order valence-corrected chi connectivity index (χ0v) is 13.0. The van der Waals surface area contributed by atoms with Crippen molar-refractivity contribution < 1.29 is 13.3 Å². The number of nitrogens with one attached hydrogen (secondary N) is 1. The first kappa shape index (κ1) is 16.6. The van der Waals surface area contributed by atoms with Crippen LogP contribution >= 0.6 is 0 Å². The Hall–Kier alpha value is -0.363. The maximum atomic E-state index is 5.71. The monoisotopic (exact) mass is 261 g/mol. The second-order valence-electron chi connectivity index (χ2n) is 4.57. The quantitative estimate of drug-likeness (QED) is 0.512. The molecule has 0 radical (unpaired) electrons. The number of rotatable bonds is 9. The summed E-state index contributed by atoms with van der Waals surface area (Å²) in [5.74, 6) is 0.625. The van der Waals surface area contributed by atoms with Crippen molar-refractivity contribution in [1.82, 2.24) is 4.98 Å². The minimum Gasteiger partial charge on any atom is -0.496 e. The van der Waals surface area contributed by atoms with Crippen molar-refractivity contribution in [2.24, 2.45) is 5.92 Å². The SMILES string of the molecule is CCCN[Si](OC)(OC)OC=C(C)CC(C)C. The minimum absolute atomic E-state index is 0.625. The third-order valence-electron chi connectivity index (χ3n) is 2.27. The maximum absolute atomic E-state index is 5.71. The lowest BCUT2D eigenvalue weighted by atomic mass is 10.1. The van der Waals surface area contributed by atoms with Gasteiger partial charge in [0.2, 0.25) is 0 Å². The molecule has 1 N–H and O–H groups in total. The largest absolute Gasteiger partial charge is 0.663 e. The minimum atomic E-state index is -2.70. The van der Waals surface area contributed by atoms with Gasteiger partial charge >= 0.3 is 8.97 Å². The molecule has 17 heavy (non-hydrogen) atoms. The van der Waals surface area contributed by atoms with Gasteiger partial charge in [-0.3, -0.25) is 4.98 Å². The van der Waals surface area contributed by atoms with Crippen molar-refractivity contribution in [2.45, 2.75) is 40.5 Å². The molecule has 0 fully saturated rings. The van der Waals surface area contributed by atoms with Crippen molar-refractivity contribution >= 4 is 8.97 Å². The highest BCUT2D eigenvalue weighted by atomic mass is 28.4. The zero-order valence-electron chi connectivity index (χ0n) is 12.0. The Morgan fingerprint density at radius 1 is 1.29 bits per heavy atom. The van der Waals surface area contributed by atoms with E-state index >= 15 is 0 Å². The van der Waals surface area contributed by atoms with E-state index in [4.69, 9.17) is 13.3 Å². The molecule has 0 rings (SSSR count). The molecular formula is C12H27NO3Si. The van der Waals surface area contributed by atoms with Crippen LogP contribution in [-0.2, 0) is 13.3 Å². The molecule has 102 valence electrons. The molecule has 0 aromatic carbocycles. The third-order valence-corrected chi connectivity index (χ3v) is 4.46. The summed E-state index contributed by atoms with van der Waals surface area (Å²) in [6.45, 7) is 9.35. The molecule has 4 nitrogen and oxygen atoms in total. The van der Waals surface area contributed by atoms with Gasteiger partial charge in [-0.15, -0.1) is 0 Å². The lowest BCUT2D eigenvalue weighted by Crippen LogP contribution is -2.57. The van der Waals surface area contributed by atoms with E-state index in [0.717, 1.165) is 19.4 Å². The molecule has 0 unspecified atom stereocenters. The maximum Gasteiger partial charge on any atom is 0.663 e. The van der Waals surface area contributed by atoms with Gasteiger partial charge in [-0.25, -0.2) is 0 Å². The van der Waals surface area contributed by atoms with Crippen LogP contribution in [0.1, 0.15) is 40.5 Å². The van der Waals surface area contributed by atoms with Crippen molar-refractivity contribution in [3.8, 4) is 0 Å². The Bertz CT molecular complexity index is 228. The lowest BCUT2D eigenvalue weighted by molar-refractivity contribution is 0.126. The average Bonchev–Trinajstić information content (AvgIpc) is 2.29. The van der Waals surface area contributed by atoms with Crippen molar-refractivity contribution in [1.29, 1.82) is 0 Å². The van der Waals surface area contributed by atoms with Crippen LogP contribution in [0, 0.1) is 5.92 Å². The van der Waals surface area contributed by atoms with E-state index in [1.807, 2.05) is 0 Å². The normalized spacial score (nSPS) is 13.2. The average molecular weight is 261 g/mol. The molecule has 0 aliphatic carbocycles. The van der Waals surface area contributed by atoms with Crippen molar-refractivity contribution in [3.63, 3.8) is 0 Å². The Labute approximate surface area is 107 Å². The molecule has 0 saturated heterocycles. The molecule has 0 bridgehead atoms. The van der Waals surface area contributed by atoms with E-state index in [1.54, 1.807) is 20.5 Å². The van der Waals surface area contributed by atoms with E-state index in [1.165, 1.54) is 5.57 Å². The predicted molar refractivity (Wildman–Crippen MR) is 72.4 cm³/mol. The highest BCUT2D eigenvalue weighted by molar-refractivity contribution is 6.58. The van der Waals surface area contributed by atoms with Gasteiger partial charge in [-0.05, 0) is 37.8 Å². The van der Waals surface area contributed by atoms with Gasteiger partial charge < -0.3 is 13.3 Å². The first-order valence-electron chi connectivity index (χ1n) is 6.18. The first-order valence-corrected chi connectivity index (χ1v) is 7.91. The Morgan fingerprint density at radius 3 is 2.29 bits per heavy atom. The van der Waals surface area contributed by atoms with Gasteiger partial charge in [0.05, 0.1) is 6.26 Å². The van der Waals surface area contributed by atoms with Gasteiger partial charge in [0.25, 0.3) is 0 Å². The van der Waals surface area contributed by atoms with E-state index in [-0.39, 0.29) is 0 Å². The van der Waals surface area contributed by atoms with Crippen LogP contribution in [0.15, 0.2) is 11.8 Å². The zero-order chi connectivity index (χ0) is 13.3. The van der Waals surface area contributed by atoms with E-state index in [9.17, 15) is 0 Å². The van der Waals surface area contributed by atoms with Crippen LogP contribution in [0.5, 0.6) is 0 Å². The summed E-state index contributed by atoms with van der Waals surface area (Å²) in [6, 6.07) is 0. The summed E-state index contributed by atoms with van der Waals surface area (Å²) < 4.78 is 16.5. The van der Waals surface area contributed by atoms with Gasteiger partial charge in [0, 0.05) is 14.2 Å². The Balaban J connectivity index is 4.42. The summed E-state index contributed by atoms with van der Waals surface area (Å²) in [5, 5.41) is 0. The standard InChI is InChI=1S/C12H27NO3Si/c1-7-8-13-17(14-5,15-6)16-10-12(4)9-11(2)3/h10-11,13H,7-9H2,1-6H3. The highest BCUT2D eigenvalue weighted by Gasteiger charge is 2.41. The summed E-state index contributed by atoms with van der Waals surface area (Å²) in [4.78, 5) is 3.22. The Kier molecular flexibility index (Phi) is 8.50. The Morgan fingerprint density at radius 2 is 1.88 bits per heavy atom. The number of hydrogen-bond acceptors (Lipinski definition) is 4. The summed E-state index contributed by atoms with van der Waals surface area (Å²) in [7, 11) is 0.526. The van der Waals surface area contributed by atoms with E-state index in [2.05, 4.69) is 32.7 Å². The molecule has 0 aliphatic rings. The smallest absolute Gasteiger partial charge is 0.496 e. The molecule has 0 saturated carbocycles. The molecule has 0 aromatic rings.